The summed E-state index contributed by atoms with van der Waals surface area (Å²) in [6.45, 7) is 4.01. The van der Waals surface area contributed by atoms with Gasteiger partial charge in [-0.3, -0.25) is 9.69 Å². The third kappa shape index (κ3) is 1.93. The second kappa shape index (κ2) is 3.79. The van der Waals surface area contributed by atoms with Crippen molar-refractivity contribution < 1.29 is 4.79 Å². The number of likely N-dealkylation sites (N-methyl/N-ethyl adjacent to an activating group) is 1. The molecule has 13 heavy (non-hydrogen) atoms. The van der Waals surface area contributed by atoms with Gasteiger partial charge in [-0.1, -0.05) is 6.92 Å². The van der Waals surface area contributed by atoms with E-state index in [1.807, 2.05) is 14.1 Å². The molecule has 0 aromatic heterocycles. The Morgan fingerprint density at radius 2 is 1.77 bits per heavy atom. The molecule has 0 amide bonds. The molecular formula is C11H21NO. The molecule has 0 radical (unpaired) electrons. The lowest BCUT2D eigenvalue weighted by atomic mass is 9.74. The van der Waals surface area contributed by atoms with Gasteiger partial charge in [-0.25, -0.2) is 0 Å². The predicted octanol–water partition coefficient (Wildman–Crippen LogP) is 2.09. The second-order valence-electron chi connectivity index (χ2n) is 4.66. The highest BCUT2D eigenvalue weighted by atomic mass is 16.1. The number of carbonyl (C=O) groups is 1. The van der Waals surface area contributed by atoms with E-state index in [4.69, 9.17) is 0 Å². The molecule has 0 aromatic rings. The lowest BCUT2D eigenvalue weighted by Gasteiger charge is -2.42. The van der Waals surface area contributed by atoms with Crippen molar-refractivity contribution in [3.05, 3.63) is 0 Å². The van der Waals surface area contributed by atoms with Crippen molar-refractivity contribution in [1.82, 2.24) is 4.90 Å². The Labute approximate surface area is 81.3 Å². The maximum Gasteiger partial charge on any atom is 0.149 e. The van der Waals surface area contributed by atoms with Crippen molar-refractivity contribution in [3.8, 4) is 0 Å². The fraction of sp³-hybridized carbons (Fsp3) is 0.909. The highest BCUT2D eigenvalue weighted by molar-refractivity contribution is 5.86. The van der Waals surface area contributed by atoms with Crippen LogP contribution in [0.25, 0.3) is 0 Å². The highest BCUT2D eigenvalue weighted by Crippen LogP contribution is 2.35. The summed E-state index contributed by atoms with van der Waals surface area (Å²) >= 11 is 0. The van der Waals surface area contributed by atoms with Gasteiger partial charge in [0.2, 0.25) is 0 Å². The number of hydrogen-bond acceptors (Lipinski definition) is 2. The van der Waals surface area contributed by atoms with Crippen molar-refractivity contribution in [2.75, 3.05) is 14.1 Å². The number of carbonyl (C=O) groups excluding carboxylic acids is 1. The fourth-order valence-corrected chi connectivity index (χ4v) is 2.35. The first-order valence-corrected chi connectivity index (χ1v) is 5.17. The molecule has 1 rings (SSSR count). The van der Waals surface area contributed by atoms with E-state index in [9.17, 15) is 4.79 Å². The molecule has 0 unspecified atom stereocenters. The second-order valence-corrected chi connectivity index (χ2v) is 4.66. The Kier molecular flexibility index (Phi) is 3.12. The van der Waals surface area contributed by atoms with Crippen LogP contribution in [0.3, 0.4) is 0 Å². The fourth-order valence-electron chi connectivity index (χ4n) is 2.35. The van der Waals surface area contributed by atoms with E-state index in [2.05, 4.69) is 11.8 Å². The molecule has 1 saturated carbocycles. The molecule has 0 atom stereocenters. The van der Waals surface area contributed by atoms with Gasteiger partial charge < -0.3 is 0 Å². The molecule has 1 aliphatic carbocycles. The Morgan fingerprint density at radius 3 is 2.08 bits per heavy atom. The summed E-state index contributed by atoms with van der Waals surface area (Å²) in [4.78, 5) is 13.7. The minimum absolute atomic E-state index is 0.146. The average molecular weight is 183 g/mol. The molecule has 1 aliphatic rings. The normalized spacial score (nSPS) is 35.0. The maximum absolute atomic E-state index is 11.6. The van der Waals surface area contributed by atoms with Crippen LogP contribution in [0.4, 0.5) is 0 Å². The predicted molar refractivity (Wildman–Crippen MR) is 54.7 cm³/mol. The minimum Gasteiger partial charge on any atom is -0.298 e. The first-order chi connectivity index (χ1) is 5.99. The van der Waals surface area contributed by atoms with Crippen LogP contribution in [0.2, 0.25) is 0 Å². The molecule has 0 aromatic carbocycles. The van der Waals surface area contributed by atoms with Crippen LogP contribution in [0.5, 0.6) is 0 Å². The molecule has 2 nitrogen and oxygen atoms in total. The largest absolute Gasteiger partial charge is 0.298 e. The van der Waals surface area contributed by atoms with Crippen molar-refractivity contribution >= 4 is 5.78 Å². The van der Waals surface area contributed by atoms with Gasteiger partial charge in [0.25, 0.3) is 0 Å². The molecule has 0 spiro atoms. The average Bonchev–Trinajstić information content (AvgIpc) is 2.04. The lowest BCUT2D eigenvalue weighted by Crippen LogP contribution is -2.52. The van der Waals surface area contributed by atoms with E-state index in [0.717, 1.165) is 18.8 Å². The lowest BCUT2D eigenvalue weighted by molar-refractivity contribution is -0.130. The number of ketones is 1. The molecule has 76 valence electrons. The van der Waals surface area contributed by atoms with Crippen LogP contribution in [0.1, 0.15) is 39.5 Å². The summed E-state index contributed by atoms with van der Waals surface area (Å²) in [5.41, 5.74) is -0.146. The number of nitrogens with zero attached hydrogens (tertiary/aromatic N) is 1. The highest BCUT2D eigenvalue weighted by Gasteiger charge is 2.40. The van der Waals surface area contributed by atoms with E-state index in [-0.39, 0.29) is 5.54 Å². The Hall–Kier alpha value is -0.370. The van der Waals surface area contributed by atoms with Crippen LogP contribution in [0.15, 0.2) is 0 Å². The third-order valence-electron chi connectivity index (χ3n) is 3.61. The van der Waals surface area contributed by atoms with Gasteiger partial charge >= 0.3 is 0 Å². The minimum atomic E-state index is -0.146. The smallest absolute Gasteiger partial charge is 0.149 e. The van der Waals surface area contributed by atoms with Crippen LogP contribution >= 0.6 is 0 Å². The molecular weight excluding hydrogens is 162 g/mol. The Bertz CT molecular complexity index is 190. The molecule has 1 fully saturated rings. The molecule has 0 bridgehead atoms. The number of hydrogen-bond donors (Lipinski definition) is 0. The van der Waals surface area contributed by atoms with Gasteiger partial charge in [0.15, 0.2) is 0 Å². The van der Waals surface area contributed by atoms with Gasteiger partial charge in [-0.15, -0.1) is 0 Å². The van der Waals surface area contributed by atoms with E-state index in [1.54, 1.807) is 6.92 Å². The van der Waals surface area contributed by atoms with E-state index >= 15 is 0 Å². The van der Waals surface area contributed by atoms with Gasteiger partial charge in [0, 0.05) is 0 Å². The van der Waals surface area contributed by atoms with Crippen LogP contribution < -0.4 is 0 Å². The molecule has 0 saturated heterocycles. The van der Waals surface area contributed by atoms with Crippen LogP contribution in [0, 0.1) is 5.92 Å². The molecule has 2 heteroatoms. The summed E-state index contributed by atoms with van der Waals surface area (Å²) in [6.07, 6.45) is 4.46. The Balaban J connectivity index is 2.75. The van der Waals surface area contributed by atoms with Crippen LogP contribution in [-0.4, -0.2) is 30.3 Å². The Morgan fingerprint density at radius 1 is 1.31 bits per heavy atom. The molecule has 0 N–H and O–H groups in total. The monoisotopic (exact) mass is 183 g/mol. The summed E-state index contributed by atoms with van der Waals surface area (Å²) < 4.78 is 0. The van der Waals surface area contributed by atoms with Gasteiger partial charge in [0.1, 0.15) is 5.78 Å². The topological polar surface area (TPSA) is 20.3 Å². The summed E-state index contributed by atoms with van der Waals surface area (Å²) in [5.74, 6) is 1.14. The third-order valence-corrected chi connectivity index (χ3v) is 3.61. The van der Waals surface area contributed by atoms with Gasteiger partial charge in [-0.05, 0) is 52.6 Å². The van der Waals surface area contributed by atoms with E-state index in [0.29, 0.717) is 5.78 Å². The van der Waals surface area contributed by atoms with Crippen molar-refractivity contribution in [3.63, 3.8) is 0 Å². The zero-order chi connectivity index (χ0) is 10.1. The van der Waals surface area contributed by atoms with Gasteiger partial charge in [0.05, 0.1) is 5.54 Å². The first kappa shape index (κ1) is 10.7. The summed E-state index contributed by atoms with van der Waals surface area (Å²) in [6, 6.07) is 0. The van der Waals surface area contributed by atoms with Crippen LogP contribution in [-0.2, 0) is 4.79 Å². The van der Waals surface area contributed by atoms with E-state index in [1.165, 1.54) is 12.8 Å². The first-order valence-electron chi connectivity index (χ1n) is 5.17. The quantitative estimate of drug-likeness (QED) is 0.653. The van der Waals surface area contributed by atoms with E-state index < -0.39 is 0 Å². The molecule has 0 aliphatic heterocycles. The van der Waals surface area contributed by atoms with Crippen molar-refractivity contribution in [2.45, 2.75) is 45.1 Å². The van der Waals surface area contributed by atoms with Crippen molar-refractivity contribution in [1.29, 1.82) is 0 Å². The zero-order valence-electron chi connectivity index (χ0n) is 9.26. The standard InChI is InChI=1S/C11H21NO/c1-9-5-7-11(8-6-9,10(2)13)12(3)4/h9H,5-8H2,1-4H3. The molecule has 0 heterocycles. The maximum atomic E-state index is 11.6. The summed E-state index contributed by atoms with van der Waals surface area (Å²) in [7, 11) is 4.05. The van der Waals surface area contributed by atoms with Gasteiger partial charge in [-0.2, -0.15) is 0 Å². The summed E-state index contributed by atoms with van der Waals surface area (Å²) in [5, 5.41) is 0. The van der Waals surface area contributed by atoms with Crippen molar-refractivity contribution in [2.24, 2.45) is 5.92 Å². The number of rotatable bonds is 2. The SMILES string of the molecule is CC(=O)C1(N(C)C)CCC(C)CC1. The zero-order valence-corrected chi connectivity index (χ0v) is 9.26. The number of Topliss-reactive ketones (excluding diaryl/α,β-unsaturated/α-hetero) is 1.